The number of hydrogen-bond donors (Lipinski definition) is 1. The minimum Gasteiger partial charge on any atom is -0.329 e. The largest absolute Gasteiger partial charge is 0.329 e. The first-order chi connectivity index (χ1) is 17.7. The van der Waals surface area contributed by atoms with E-state index in [0.717, 1.165) is 16.8 Å². The number of anilines is 1. The smallest absolute Gasteiger partial charge is 0.254 e. The molecule has 2 amide bonds. The number of rotatable bonds is 8. The first-order valence-corrected chi connectivity index (χ1v) is 12.3. The third-order valence-corrected chi connectivity index (χ3v) is 5.93. The van der Waals surface area contributed by atoms with Crippen molar-refractivity contribution in [1.82, 2.24) is 14.5 Å². The van der Waals surface area contributed by atoms with Crippen LogP contribution in [-0.4, -0.2) is 39.4 Å². The van der Waals surface area contributed by atoms with Crippen molar-refractivity contribution in [2.24, 2.45) is 5.92 Å². The first-order valence-electron chi connectivity index (χ1n) is 12.0. The molecule has 0 aliphatic rings. The Bertz CT molecular complexity index is 1400. The van der Waals surface area contributed by atoms with Crippen LogP contribution in [0.4, 0.5) is 10.3 Å². The zero-order valence-electron chi connectivity index (χ0n) is 20.9. The number of carbonyl (C=O) groups excluding carboxylic acids is 2. The van der Waals surface area contributed by atoms with Gasteiger partial charge in [0.15, 0.2) is 0 Å². The van der Waals surface area contributed by atoms with Gasteiger partial charge in [0.1, 0.15) is 12.4 Å². The summed E-state index contributed by atoms with van der Waals surface area (Å²) in [6.45, 7) is 6.11. The summed E-state index contributed by atoms with van der Waals surface area (Å²) in [7, 11) is 0. The highest BCUT2D eigenvalue weighted by molar-refractivity contribution is 6.30. The van der Waals surface area contributed by atoms with Crippen molar-refractivity contribution in [1.29, 1.82) is 0 Å². The average Bonchev–Trinajstić information content (AvgIpc) is 3.27. The van der Waals surface area contributed by atoms with E-state index in [1.807, 2.05) is 67.9 Å². The number of benzene rings is 3. The number of nitrogens with one attached hydrogen (secondary N) is 1. The van der Waals surface area contributed by atoms with Crippen LogP contribution in [-0.2, 0) is 4.79 Å². The van der Waals surface area contributed by atoms with Crippen molar-refractivity contribution >= 4 is 29.4 Å². The second-order valence-electron chi connectivity index (χ2n) is 9.30. The van der Waals surface area contributed by atoms with E-state index in [9.17, 15) is 14.0 Å². The maximum Gasteiger partial charge on any atom is 0.254 e. The van der Waals surface area contributed by atoms with Crippen molar-refractivity contribution < 1.29 is 14.0 Å². The lowest BCUT2D eigenvalue weighted by molar-refractivity contribution is -0.117. The van der Waals surface area contributed by atoms with Crippen LogP contribution in [0.2, 0.25) is 5.02 Å². The third-order valence-electron chi connectivity index (χ3n) is 5.68. The minimum atomic E-state index is -0.427. The van der Waals surface area contributed by atoms with Crippen LogP contribution in [0.3, 0.4) is 0 Å². The Kier molecular flexibility index (Phi) is 8.04. The molecule has 0 unspecified atom stereocenters. The molecule has 0 radical (unpaired) electrons. The summed E-state index contributed by atoms with van der Waals surface area (Å²) in [6, 6.07) is 20.5. The quantitative estimate of drug-likeness (QED) is 0.294. The molecule has 0 fully saturated rings. The van der Waals surface area contributed by atoms with E-state index in [-0.39, 0.29) is 18.4 Å². The highest BCUT2D eigenvalue weighted by Gasteiger charge is 2.22. The Hall–Kier alpha value is -3.97. The third kappa shape index (κ3) is 6.62. The van der Waals surface area contributed by atoms with Crippen LogP contribution in [0.15, 0.2) is 79.0 Å². The lowest BCUT2D eigenvalue weighted by atomic mass is 10.1. The van der Waals surface area contributed by atoms with Crippen molar-refractivity contribution in [2.45, 2.75) is 20.8 Å². The SMILES string of the molecule is Cc1cccc(-n2cc(-c3ccc(Cl)cc3)nc2NC(=O)CN(CC(C)C)C(=O)c2ccc(F)cc2)c1. The summed E-state index contributed by atoms with van der Waals surface area (Å²) in [5.74, 6) is -0.697. The van der Waals surface area contributed by atoms with E-state index in [1.165, 1.54) is 29.2 Å². The molecule has 1 N–H and O–H groups in total. The Balaban J connectivity index is 1.62. The Morgan fingerprint density at radius 2 is 1.76 bits per heavy atom. The van der Waals surface area contributed by atoms with Crippen LogP contribution in [0, 0.1) is 18.7 Å². The molecule has 0 aliphatic heterocycles. The Morgan fingerprint density at radius 3 is 2.41 bits per heavy atom. The Morgan fingerprint density at radius 1 is 1.05 bits per heavy atom. The highest BCUT2D eigenvalue weighted by atomic mass is 35.5. The highest BCUT2D eigenvalue weighted by Crippen LogP contribution is 2.26. The van der Waals surface area contributed by atoms with Gasteiger partial charge in [0.05, 0.1) is 5.69 Å². The fourth-order valence-corrected chi connectivity index (χ4v) is 4.10. The summed E-state index contributed by atoms with van der Waals surface area (Å²) >= 11 is 6.05. The van der Waals surface area contributed by atoms with Crippen LogP contribution >= 0.6 is 11.6 Å². The maximum atomic E-state index is 13.4. The van der Waals surface area contributed by atoms with E-state index < -0.39 is 11.7 Å². The average molecular weight is 519 g/mol. The molecule has 0 aliphatic carbocycles. The number of halogens is 2. The summed E-state index contributed by atoms with van der Waals surface area (Å²) in [5.41, 5.74) is 3.73. The number of carbonyl (C=O) groups is 2. The second kappa shape index (κ2) is 11.4. The van der Waals surface area contributed by atoms with Gasteiger partial charge in [-0.05, 0) is 66.9 Å². The van der Waals surface area contributed by atoms with Gasteiger partial charge in [-0.15, -0.1) is 0 Å². The molecule has 190 valence electrons. The summed E-state index contributed by atoms with van der Waals surface area (Å²) < 4.78 is 15.2. The van der Waals surface area contributed by atoms with Gasteiger partial charge in [-0.25, -0.2) is 9.37 Å². The minimum absolute atomic E-state index is 0.128. The molecule has 0 bridgehead atoms. The second-order valence-corrected chi connectivity index (χ2v) is 9.74. The molecule has 8 heteroatoms. The zero-order valence-corrected chi connectivity index (χ0v) is 21.7. The van der Waals surface area contributed by atoms with E-state index in [0.29, 0.717) is 28.8 Å². The molecule has 0 spiro atoms. The predicted octanol–water partition coefficient (Wildman–Crippen LogP) is 6.38. The fourth-order valence-electron chi connectivity index (χ4n) is 3.98. The maximum absolute atomic E-state index is 13.4. The Labute approximate surface area is 220 Å². The number of aryl methyl sites for hydroxylation is 1. The standard InChI is InChI=1S/C29H28ClFN4O2/c1-19(2)16-34(28(37)22-9-13-24(31)14-10-22)18-27(36)33-29-32-26(21-7-11-23(30)12-8-21)17-35(29)25-6-4-5-20(3)15-25/h4-15,17,19H,16,18H2,1-3H3,(H,32,33,36). The van der Waals surface area contributed by atoms with Gasteiger partial charge in [0.25, 0.3) is 5.91 Å². The van der Waals surface area contributed by atoms with Crippen molar-refractivity contribution in [3.8, 4) is 16.9 Å². The topological polar surface area (TPSA) is 67.2 Å². The summed E-state index contributed by atoms with van der Waals surface area (Å²) in [4.78, 5) is 32.5. The van der Waals surface area contributed by atoms with Crippen LogP contribution in [0.1, 0.15) is 29.8 Å². The monoisotopic (exact) mass is 518 g/mol. The van der Waals surface area contributed by atoms with Gasteiger partial charge in [0, 0.05) is 34.6 Å². The van der Waals surface area contributed by atoms with Gasteiger partial charge in [-0.3, -0.25) is 19.5 Å². The molecule has 37 heavy (non-hydrogen) atoms. The van der Waals surface area contributed by atoms with E-state index in [4.69, 9.17) is 11.6 Å². The molecular formula is C29H28ClFN4O2. The lowest BCUT2D eigenvalue weighted by Crippen LogP contribution is -2.40. The number of hydrogen-bond acceptors (Lipinski definition) is 3. The van der Waals surface area contributed by atoms with E-state index in [1.54, 1.807) is 12.1 Å². The number of nitrogens with zero attached hydrogens (tertiary/aromatic N) is 3. The predicted molar refractivity (Wildman–Crippen MR) is 145 cm³/mol. The normalized spacial score (nSPS) is 11.0. The molecule has 4 aromatic rings. The van der Waals surface area contributed by atoms with Gasteiger partial charge in [-0.1, -0.05) is 49.7 Å². The number of imidazole rings is 1. The summed E-state index contributed by atoms with van der Waals surface area (Å²) in [6.07, 6.45) is 1.85. The van der Waals surface area contributed by atoms with Crippen LogP contribution < -0.4 is 5.32 Å². The molecule has 0 atom stereocenters. The molecular weight excluding hydrogens is 491 g/mol. The van der Waals surface area contributed by atoms with Gasteiger partial charge in [-0.2, -0.15) is 0 Å². The van der Waals surface area contributed by atoms with Crippen LogP contribution in [0.5, 0.6) is 0 Å². The molecule has 0 saturated heterocycles. The van der Waals surface area contributed by atoms with Crippen molar-refractivity contribution in [2.75, 3.05) is 18.4 Å². The fraction of sp³-hybridized carbons (Fsp3) is 0.207. The molecule has 6 nitrogen and oxygen atoms in total. The summed E-state index contributed by atoms with van der Waals surface area (Å²) in [5, 5.41) is 3.50. The number of amides is 2. The molecule has 1 aromatic heterocycles. The zero-order chi connectivity index (χ0) is 26.5. The van der Waals surface area contributed by atoms with Gasteiger partial charge < -0.3 is 4.90 Å². The molecule has 0 saturated carbocycles. The lowest BCUT2D eigenvalue weighted by Gasteiger charge is -2.24. The van der Waals surface area contributed by atoms with Gasteiger partial charge in [0.2, 0.25) is 11.9 Å². The van der Waals surface area contributed by atoms with Gasteiger partial charge >= 0.3 is 0 Å². The van der Waals surface area contributed by atoms with Crippen LogP contribution in [0.25, 0.3) is 16.9 Å². The molecule has 4 rings (SSSR count). The number of aromatic nitrogens is 2. The van der Waals surface area contributed by atoms with E-state index in [2.05, 4.69) is 10.3 Å². The van der Waals surface area contributed by atoms with E-state index >= 15 is 0 Å². The van der Waals surface area contributed by atoms with Crippen molar-refractivity contribution in [3.63, 3.8) is 0 Å². The van der Waals surface area contributed by atoms with Crippen molar-refractivity contribution in [3.05, 3.63) is 101 Å². The molecule has 3 aromatic carbocycles. The first kappa shape index (κ1) is 26.1. The molecule has 1 heterocycles.